The summed E-state index contributed by atoms with van der Waals surface area (Å²) in [5.41, 5.74) is 5.32. The maximum absolute atomic E-state index is 11.1. The van der Waals surface area contributed by atoms with Crippen LogP contribution in [0.5, 0.6) is 0 Å². The zero-order chi connectivity index (χ0) is 22.3. The van der Waals surface area contributed by atoms with Gasteiger partial charge in [0.15, 0.2) is 0 Å². The highest BCUT2D eigenvalue weighted by Crippen LogP contribution is 2.35. The van der Waals surface area contributed by atoms with Gasteiger partial charge in [0, 0.05) is 35.4 Å². The molecule has 0 bridgehead atoms. The summed E-state index contributed by atoms with van der Waals surface area (Å²) in [6.07, 6.45) is 7.31. The van der Waals surface area contributed by atoms with Gasteiger partial charge in [0.25, 0.3) is 5.69 Å². The molecule has 0 spiro atoms. The number of benzene rings is 2. The van der Waals surface area contributed by atoms with Gasteiger partial charge < -0.3 is 9.64 Å². The van der Waals surface area contributed by atoms with Crippen LogP contribution >= 0.6 is 15.9 Å². The fourth-order valence-corrected chi connectivity index (χ4v) is 4.12. The number of nitro groups is 1. The smallest absolute Gasteiger partial charge is 0.270 e. The average molecular weight is 495 g/mol. The third-order valence-corrected chi connectivity index (χ3v) is 5.91. The van der Waals surface area contributed by atoms with Crippen LogP contribution in [-0.4, -0.2) is 48.6 Å². The van der Waals surface area contributed by atoms with Gasteiger partial charge in [-0.3, -0.25) is 10.1 Å². The molecule has 1 aliphatic carbocycles. The molecule has 0 saturated carbocycles. The van der Waals surface area contributed by atoms with Gasteiger partial charge in [0.2, 0.25) is 0 Å². The van der Waals surface area contributed by atoms with Gasteiger partial charge in [-0.15, -0.1) is 0 Å². The van der Waals surface area contributed by atoms with Crippen LogP contribution in [-0.2, 0) is 4.74 Å². The first-order valence-electron chi connectivity index (χ1n) is 10.4. The molecule has 1 aliphatic heterocycles. The Morgan fingerprint density at radius 2 is 1.75 bits per heavy atom. The molecule has 1 heterocycles. The minimum Gasteiger partial charge on any atom is -0.378 e. The molecule has 2 aromatic carbocycles. The summed E-state index contributed by atoms with van der Waals surface area (Å²) in [6, 6.07) is 14.6. The number of hydrogen-bond donors (Lipinski definition) is 0. The van der Waals surface area contributed by atoms with E-state index in [-0.39, 0.29) is 10.6 Å². The van der Waals surface area contributed by atoms with E-state index in [1.807, 2.05) is 42.6 Å². The van der Waals surface area contributed by atoms with Crippen LogP contribution in [0.15, 0.2) is 80.0 Å². The highest BCUT2D eigenvalue weighted by atomic mass is 79.9. The van der Waals surface area contributed by atoms with Crippen LogP contribution in [0.1, 0.15) is 24.0 Å². The summed E-state index contributed by atoms with van der Waals surface area (Å²) in [5, 5.41) is 19.6. The SMILES string of the molecule is O=[N+]([O-])c1cccc(/C=C2\CCC(/C=N\N=C/c3ccc(Br)cc3)=C2N2CCOCC2)c1. The normalized spacial score (nSPS) is 18.4. The molecule has 2 aliphatic rings. The molecule has 8 heteroatoms. The zero-order valence-electron chi connectivity index (χ0n) is 17.5. The second-order valence-corrected chi connectivity index (χ2v) is 8.45. The van der Waals surface area contributed by atoms with Gasteiger partial charge in [0.05, 0.1) is 30.6 Å². The Labute approximate surface area is 195 Å². The van der Waals surface area contributed by atoms with E-state index < -0.39 is 0 Å². The van der Waals surface area contributed by atoms with E-state index in [2.05, 4.69) is 31.0 Å². The van der Waals surface area contributed by atoms with Crippen LogP contribution in [0, 0.1) is 10.1 Å². The van der Waals surface area contributed by atoms with Crippen molar-refractivity contribution in [2.45, 2.75) is 12.8 Å². The van der Waals surface area contributed by atoms with Gasteiger partial charge in [-0.2, -0.15) is 10.2 Å². The molecular weight excluding hydrogens is 472 g/mol. The molecule has 1 saturated heterocycles. The molecule has 0 radical (unpaired) electrons. The van der Waals surface area contributed by atoms with Crippen molar-refractivity contribution in [1.82, 2.24) is 4.90 Å². The number of non-ortho nitro benzene ring substituents is 1. The molecule has 1 fully saturated rings. The topological polar surface area (TPSA) is 80.3 Å². The molecule has 7 nitrogen and oxygen atoms in total. The maximum Gasteiger partial charge on any atom is 0.270 e. The van der Waals surface area contributed by atoms with E-state index in [4.69, 9.17) is 4.74 Å². The lowest BCUT2D eigenvalue weighted by Crippen LogP contribution is -2.36. The summed E-state index contributed by atoms with van der Waals surface area (Å²) in [4.78, 5) is 13.1. The highest BCUT2D eigenvalue weighted by molar-refractivity contribution is 9.10. The van der Waals surface area contributed by atoms with E-state index in [0.717, 1.165) is 58.4 Å². The van der Waals surface area contributed by atoms with Crippen molar-refractivity contribution >= 4 is 40.1 Å². The van der Waals surface area contributed by atoms with Gasteiger partial charge in [-0.1, -0.05) is 40.2 Å². The van der Waals surface area contributed by atoms with Crippen LogP contribution in [0.25, 0.3) is 6.08 Å². The number of nitro benzene ring substituents is 1. The average Bonchev–Trinajstić information content (AvgIpc) is 3.21. The third kappa shape index (κ3) is 5.57. The molecule has 0 aromatic heterocycles. The van der Waals surface area contributed by atoms with Crippen molar-refractivity contribution in [1.29, 1.82) is 0 Å². The molecular formula is C24H23BrN4O3. The van der Waals surface area contributed by atoms with Crippen molar-refractivity contribution in [3.8, 4) is 0 Å². The number of rotatable bonds is 6. The lowest BCUT2D eigenvalue weighted by atomic mass is 10.1. The maximum atomic E-state index is 11.1. The predicted octanol–water partition coefficient (Wildman–Crippen LogP) is 5.23. The van der Waals surface area contributed by atoms with Crippen LogP contribution < -0.4 is 0 Å². The summed E-state index contributed by atoms with van der Waals surface area (Å²) in [6.45, 7) is 2.97. The Bertz CT molecular complexity index is 1100. The van der Waals surface area contributed by atoms with Gasteiger partial charge >= 0.3 is 0 Å². The summed E-state index contributed by atoms with van der Waals surface area (Å²) >= 11 is 3.42. The lowest BCUT2D eigenvalue weighted by molar-refractivity contribution is -0.384. The largest absolute Gasteiger partial charge is 0.378 e. The standard InChI is InChI=1S/C24H23BrN4O3/c25-22-8-4-18(5-9-22)16-26-27-17-21-7-6-20(24(21)28-10-12-32-13-11-28)14-19-2-1-3-23(15-19)29(30)31/h1-5,8-9,14-17H,6-7,10-13H2/b20-14+,26-16-,27-17-. The quantitative estimate of drug-likeness (QED) is 0.313. The Morgan fingerprint density at radius 3 is 2.50 bits per heavy atom. The van der Waals surface area contributed by atoms with Crippen LogP contribution in [0.4, 0.5) is 5.69 Å². The van der Waals surface area contributed by atoms with Crippen LogP contribution in [0.2, 0.25) is 0 Å². The number of nitrogens with zero attached hydrogens (tertiary/aromatic N) is 4. The number of morpholine rings is 1. The van der Waals surface area contributed by atoms with E-state index in [9.17, 15) is 10.1 Å². The fourth-order valence-electron chi connectivity index (χ4n) is 3.85. The molecule has 0 amide bonds. The van der Waals surface area contributed by atoms with E-state index in [1.165, 1.54) is 6.07 Å². The lowest BCUT2D eigenvalue weighted by Gasteiger charge is -2.31. The molecule has 0 atom stereocenters. The Kier molecular flexibility index (Phi) is 7.24. The number of ether oxygens (including phenoxy) is 1. The molecule has 0 unspecified atom stereocenters. The van der Waals surface area contributed by atoms with Gasteiger partial charge in [0.1, 0.15) is 0 Å². The first-order chi connectivity index (χ1) is 15.6. The number of allylic oxidation sites excluding steroid dienone is 2. The second-order valence-electron chi connectivity index (χ2n) is 7.54. The van der Waals surface area contributed by atoms with E-state index in [1.54, 1.807) is 18.3 Å². The second kappa shape index (κ2) is 10.5. The number of halogens is 1. The first-order valence-corrected chi connectivity index (χ1v) is 11.2. The molecule has 4 rings (SSSR count). The Balaban J connectivity index is 1.60. The molecule has 32 heavy (non-hydrogen) atoms. The summed E-state index contributed by atoms with van der Waals surface area (Å²) in [7, 11) is 0. The monoisotopic (exact) mass is 494 g/mol. The highest BCUT2D eigenvalue weighted by Gasteiger charge is 2.25. The van der Waals surface area contributed by atoms with Crippen molar-refractivity contribution in [3.63, 3.8) is 0 Å². The minimum atomic E-state index is -0.364. The van der Waals surface area contributed by atoms with Gasteiger partial charge in [-0.05, 0) is 53.3 Å². The summed E-state index contributed by atoms with van der Waals surface area (Å²) < 4.78 is 6.55. The molecule has 164 valence electrons. The Morgan fingerprint density at radius 1 is 1.00 bits per heavy atom. The minimum absolute atomic E-state index is 0.0957. The summed E-state index contributed by atoms with van der Waals surface area (Å²) in [5.74, 6) is 0. The van der Waals surface area contributed by atoms with E-state index in [0.29, 0.717) is 13.2 Å². The van der Waals surface area contributed by atoms with Crippen molar-refractivity contribution in [2.75, 3.05) is 26.3 Å². The first kappa shape index (κ1) is 22.1. The van der Waals surface area contributed by atoms with E-state index >= 15 is 0 Å². The molecule has 0 N–H and O–H groups in total. The predicted molar refractivity (Wildman–Crippen MR) is 130 cm³/mol. The number of hydrogen-bond acceptors (Lipinski definition) is 6. The van der Waals surface area contributed by atoms with Crippen molar-refractivity contribution in [3.05, 3.63) is 91.1 Å². The van der Waals surface area contributed by atoms with Gasteiger partial charge in [-0.25, -0.2) is 0 Å². The fraction of sp³-hybridized carbons (Fsp3) is 0.250. The van der Waals surface area contributed by atoms with Crippen molar-refractivity contribution in [2.24, 2.45) is 10.2 Å². The van der Waals surface area contributed by atoms with Crippen LogP contribution in [0.3, 0.4) is 0 Å². The Hall–Kier alpha value is -3.10. The zero-order valence-corrected chi connectivity index (χ0v) is 19.1. The molecule has 2 aromatic rings. The van der Waals surface area contributed by atoms with Crippen molar-refractivity contribution < 1.29 is 9.66 Å². The third-order valence-electron chi connectivity index (χ3n) is 5.38.